The number of oxime groups is 1. The van der Waals surface area contributed by atoms with Gasteiger partial charge in [0.05, 0.1) is 7.11 Å². The standard InChI is InChI=1S/C12H13NO3S/c1-16-12(14)11(13-15)8-2-4-9(5-3-8)17-10-6-7-10/h2-5,10,15H,6-7H2,1H3/b13-11+. The summed E-state index contributed by atoms with van der Waals surface area (Å²) in [7, 11) is 1.25. The van der Waals surface area contributed by atoms with Crippen LogP contribution in [0, 0.1) is 0 Å². The van der Waals surface area contributed by atoms with Crippen LogP contribution in [0.1, 0.15) is 18.4 Å². The largest absolute Gasteiger partial charge is 0.464 e. The predicted molar refractivity (Wildman–Crippen MR) is 65.7 cm³/mol. The minimum absolute atomic E-state index is 0.0736. The summed E-state index contributed by atoms with van der Waals surface area (Å²) < 4.78 is 4.53. The van der Waals surface area contributed by atoms with Crippen molar-refractivity contribution in [2.24, 2.45) is 5.16 Å². The summed E-state index contributed by atoms with van der Waals surface area (Å²) in [6.45, 7) is 0. The van der Waals surface area contributed by atoms with Crippen LogP contribution < -0.4 is 0 Å². The molecule has 0 radical (unpaired) electrons. The van der Waals surface area contributed by atoms with Crippen molar-refractivity contribution in [2.75, 3.05) is 7.11 Å². The number of thioether (sulfide) groups is 1. The molecule has 1 aromatic rings. The van der Waals surface area contributed by atoms with Crippen molar-refractivity contribution in [3.05, 3.63) is 29.8 Å². The van der Waals surface area contributed by atoms with Gasteiger partial charge in [-0.25, -0.2) is 4.79 Å². The van der Waals surface area contributed by atoms with Gasteiger partial charge in [0.1, 0.15) is 0 Å². The van der Waals surface area contributed by atoms with Crippen LogP contribution in [0.15, 0.2) is 34.3 Å². The van der Waals surface area contributed by atoms with Gasteiger partial charge in [0.2, 0.25) is 0 Å². The molecule has 1 saturated carbocycles. The SMILES string of the molecule is COC(=O)/C(=N/O)c1ccc(SC2CC2)cc1. The highest BCUT2D eigenvalue weighted by Crippen LogP contribution is 2.38. The molecular formula is C12H13NO3S. The smallest absolute Gasteiger partial charge is 0.360 e. The van der Waals surface area contributed by atoms with Gasteiger partial charge in [-0.05, 0) is 25.0 Å². The fourth-order valence-electron chi connectivity index (χ4n) is 1.38. The van der Waals surface area contributed by atoms with E-state index < -0.39 is 5.97 Å². The van der Waals surface area contributed by atoms with E-state index in [0.29, 0.717) is 5.56 Å². The van der Waals surface area contributed by atoms with E-state index in [-0.39, 0.29) is 5.71 Å². The molecule has 5 heteroatoms. The van der Waals surface area contributed by atoms with Crippen molar-refractivity contribution in [1.82, 2.24) is 0 Å². The van der Waals surface area contributed by atoms with Gasteiger partial charge in [0.25, 0.3) is 0 Å². The number of esters is 1. The molecule has 90 valence electrons. The van der Waals surface area contributed by atoms with Gasteiger partial charge in [-0.3, -0.25) is 0 Å². The van der Waals surface area contributed by atoms with E-state index in [2.05, 4.69) is 9.89 Å². The molecule has 2 rings (SSSR count). The van der Waals surface area contributed by atoms with Crippen molar-refractivity contribution in [1.29, 1.82) is 0 Å². The zero-order valence-corrected chi connectivity index (χ0v) is 10.2. The van der Waals surface area contributed by atoms with Crippen LogP contribution in [-0.2, 0) is 9.53 Å². The Bertz CT molecular complexity index is 438. The highest BCUT2D eigenvalue weighted by Gasteiger charge is 2.22. The number of carbonyl (C=O) groups is 1. The lowest BCUT2D eigenvalue weighted by Crippen LogP contribution is -2.17. The van der Waals surface area contributed by atoms with Crippen LogP contribution in [0.5, 0.6) is 0 Å². The van der Waals surface area contributed by atoms with Gasteiger partial charge in [-0.1, -0.05) is 17.3 Å². The van der Waals surface area contributed by atoms with Gasteiger partial charge in [0.15, 0.2) is 5.71 Å². The molecule has 0 aromatic heterocycles. The van der Waals surface area contributed by atoms with Crippen LogP contribution >= 0.6 is 11.8 Å². The number of hydrogen-bond donors (Lipinski definition) is 1. The maximum Gasteiger partial charge on any atom is 0.360 e. The van der Waals surface area contributed by atoms with E-state index in [0.717, 1.165) is 5.25 Å². The zero-order valence-electron chi connectivity index (χ0n) is 9.42. The van der Waals surface area contributed by atoms with E-state index in [1.54, 1.807) is 12.1 Å². The topological polar surface area (TPSA) is 58.9 Å². The third-order valence-electron chi connectivity index (χ3n) is 2.43. The molecule has 1 aliphatic carbocycles. The molecule has 1 N–H and O–H groups in total. The second-order valence-electron chi connectivity index (χ2n) is 3.78. The summed E-state index contributed by atoms with van der Waals surface area (Å²) in [4.78, 5) is 12.5. The molecular weight excluding hydrogens is 238 g/mol. The minimum Gasteiger partial charge on any atom is -0.464 e. The summed E-state index contributed by atoms with van der Waals surface area (Å²) in [6, 6.07) is 7.37. The number of ether oxygens (including phenoxy) is 1. The van der Waals surface area contributed by atoms with Crippen LogP contribution in [0.4, 0.5) is 0 Å². The lowest BCUT2D eigenvalue weighted by Gasteiger charge is -2.04. The van der Waals surface area contributed by atoms with E-state index >= 15 is 0 Å². The predicted octanol–water partition coefficient (Wildman–Crippen LogP) is 2.29. The van der Waals surface area contributed by atoms with E-state index in [1.807, 2.05) is 23.9 Å². The molecule has 0 atom stereocenters. The summed E-state index contributed by atoms with van der Waals surface area (Å²) in [6.07, 6.45) is 2.55. The first-order valence-corrected chi connectivity index (χ1v) is 6.20. The molecule has 0 aliphatic heterocycles. The first-order chi connectivity index (χ1) is 8.24. The Morgan fingerprint density at radius 2 is 2.06 bits per heavy atom. The van der Waals surface area contributed by atoms with Crippen LogP contribution in [0.25, 0.3) is 0 Å². The second-order valence-corrected chi connectivity index (χ2v) is 5.16. The summed E-state index contributed by atoms with van der Waals surface area (Å²) in [5.74, 6) is -0.643. The number of hydrogen-bond acceptors (Lipinski definition) is 5. The van der Waals surface area contributed by atoms with Gasteiger partial charge >= 0.3 is 5.97 Å². The first kappa shape index (κ1) is 12.0. The normalized spacial score (nSPS) is 15.7. The first-order valence-electron chi connectivity index (χ1n) is 5.32. The summed E-state index contributed by atoms with van der Waals surface area (Å²) >= 11 is 1.83. The Balaban J connectivity index is 2.12. The zero-order chi connectivity index (χ0) is 12.3. The molecule has 0 saturated heterocycles. The summed E-state index contributed by atoms with van der Waals surface area (Å²) in [5, 5.41) is 12.5. The molecule has 1 aromatic carbocycles. The van der Waals surface area contributed by atoms with Gasteiger partial charge in [-0.2, -0.15) is 0 Å². The van der Waals surface area contributed by atoms with E-state index in [4.69, 9.17) is 5.21 Å². The van der Waals surface area contributed by atoms with Crippen LogP contribution in [-0.4, -0.2) is 29.2 Å². The Morgan fingerprint density at radius 3 is 2.53 bits per heavy atom. The van der Waals surface area contributed by atoms with E-state index in [1.165, 1.54) is 24.8 Å². The fourth-order valence-corrected chi connectivity index (χ4v) is 2.43. The Hall–Kier alpha value is -1.49. The molecule has 1 aliphatic rings. The maximum atomic E-state index is 11.3. The Labute approximate surface area is 104 Å². The summed E-state index contributed by atoms with van der Waals surface area (Å²) in [5.41, 5.74) is 0.481. The Kier molecular flexibility index (Phi) is 3.68. The third-order valence-corrected chi connectivity index (χ3v) is 3.78. The number of nitrogens with zero attached hydrogens (tertiary/aromatic N) is 1. The van der Waals surface area contributed by atoms with Crippen molar-refractivity contribution < 1.29 is 14.7 Å². The molecule has 0 unspecified atom stereocenters. The number of carbonyl (C=O) groups excluding carboxylic acids is 1. The second kappa shape index (κ2) is 5.23. The number of rotatable bonds is 4. The molecule has 0 spiro atoms. The van der Waals surface area contributed by atoms with Crippen molar-refractivity contribution in [2.45, 2.75) is 23.0 Å². The van der Waals surface area contributed by atoms with Gasteiger partial charge in [-0.15, -0.1) is 11.8 Å². The van der Waals surface area contributed by atoms with Crippen molar-refractivity contribution in [3.8, 4) is 0 Å². The maximum absolute atomic E-state index is 11.3. The van der Waals surface area contributed by atoms with Crippen molar-refractivity contribution in [3.63, 3.8) is 0 Å². The average molecular weight is 251 g/mol. The lowest BCUT2D eigenvalue weighted by atomic mass is 10.1. The molecule has 4 nitrogen and oxygen atoms in total. The monoisotopic (exact) mass is 251 g/mol. The lowest BCUT2D eigenvalue weighted by molar-refractivity contribution is -0.132. The van der Waals surface area contributed by atoms with Gasteiger partial charge < -0.3 is 9.94 Å². The van der Waals surface area contributed by atoms with Gasteiger partial charge in [0, 0.05) is 15.7 Å². The minimum atomic E-state index is -0.643. The number of benzene rings is 1. The fraction of sp³-hybridized carbons (Fsp3) is 0.333. The third kappa shape index (κ3) is 3.00. The molecule has 1 fully saturated rings. The average Bonchev–Trinajstić information content (AvgIpc) is 3.16. The quantitative estimate of drug-likeness (QED) is 0.386. The number of methoxy groups -OCH3 is 1. The van der Waals surface area contributed by atoms with Crippen LogP contribution in [0.2, 0.25) is 0 Å². The molecule has 17 heavy (non-hydrogen) atoms. The molecule has 0 bridgehead atoms. The molecule has 0 heterocycles. The molecule has 0 amide bonds. The highest BCUT2D eigenvalue weighted by atomic mass is 32.2. The van der Waals surface area contributed by atoms with Crippen molar-refractivity contribution >= 4 is 23.4 Å². The highest BCUT2D eigenvalue weighted by molar-refractivity contribution is 8.00. The Morgan fingerprint density at radius 1 is 1.41 bits per heavy atom. The van der Waals surface area contributed by atoms with E-state index in [9.17, 15) is 4.79 Å². The van der Waals surface area contributed by atoms with Crippen LogP contribution in [0.3, 0.4) is 0 Å².